The van der Waals surface area contributed by atoms with Crippen LogP contribution in [0, 0.1) is 5.41 Å². The van der Waals surface area contributed by atoms with E-state index in [9.17, 15) is 0 Å². The molecule has 2 aromatic rings. The number of rotatable bonds is 1. The largest absolute Gasteiger partial charge is 0.340 e. The third kappa shape index (κ3) is 1.45. The zero-order chi connectivity index (χ0) is 14.9. The number of fused-ring (bicyclic) bond motifs is 3. The molecule has 116 valence electrons. The Morgan fingerprint density at radius 2 is 2.09 bits per heavy atom. The van der Waals surface area contributed by atoms with E-state index in [0.717, 1.165) is 0 Å². The topological polar surface area (TPSA) is 8.17 Å². The van der Waals surface area contributed by atoms with Crippen LogP contribution in [0.5, 0.6) is 0 Å². The number of piperidine rings is 1. The minimum atomic E-state index is 0.525. The molecule has 3 aliphatic rings. The molecule has 2 heteroatoms. The lowest BCUT2D eigenvalue weighted by molar-refractivity contribution is -0.0336. The molecule has 5 rings (SSSR count). The quantitative estimate of drug-likeness (QED) is 0.740. The van der Waals surface area contributed by atoms with Crippen molar-refractivity contribution in [2.24, 2.45) is 5.41 Å². The Balaban J connectivity index is 1.85. The summed E-state index contributed by atoms with van der Waals surface area (Å²) >= 11 is 0. The molecule has 3 atom stereocenters. The maximum Gasteiger partial charge on any atom is 0.0561 e. The lowest BCUT2D eigenvalue weighted by atomic mass is 9.63. The van der Waals surface area contributed by atoms with Crippen LogP contribution in [0.15, 0.2) is 24.3 Å². The van der Waals surface area contributed by atoms with Gasteiger partial charge in [-0.05, 0) is 62.6 Å². The number of hydrogen-bond acceptors (Lipinski definition) is 1. The Morgan fingerprint density at radius 1 is 1.23 bits per heavy atom. The van der Waals surface area contributed by atoms with Gasteiger partial charge in [0, 0.05) is 29.2 Å². The van der Waals surface area contributed by atoms with Gasteiger partial charge in [0.1, 0.15) is 0 Å². The van der Waals surface area contributed by atoms with Crippen molar-refractivity contribution in [3.8, 4) is 0 Å². The highest BCUT2D eigenvalue weighted by atomic mass is 15.2. The molecule has 0 bridgehead atoms. The predicted molar refractivity (Wildman–Crippen MR) is 91.2 cm³/mol. The number of nitrogens with zero attached hydrogens (tertiary/aromatic N) is 2. The van der Waals surface area contributed by atoms with Crippen LogP contribution >= 0.6 is 0 Å². The van der Waals surface area contributed by atoms with E-state index in [1.807, 2.05) is 0 Å². The highest BCUT2D eigenvalue weighted by molar-refractivity contribution is 5.86. The summed E-state index contributed by atoms with van der Waals surface area (Å²) in [5, 5.41) is 1.53. The summed E-state index contributed by atoms with van der Waals surface area (Å²) < 4.78 is 2.71. The molecular formula is C20H26N2. The molecular weight excluding hydrogens is 268 g/mol. The standard InChI is InChI=1S/C20H26N2/c1-3-20-10-6-11-21-12-9-16-15-7-4-5-8-17(15)22(14(2)13-20)18(16)19(20)21/h4-5,7-8,14,19H,3,6,9-13H2,1-2H3/t14-,19-,20+/m0/s1. The van der Waals surface area contributed by atoms with Crippen molar-refractivity contribution in [3.63, 3.8) is 0 Å². The molecule has 2 nitrogen and oxygen atoms in total. The lowest BCUT2D eigenvalue weighted by Gasteiger charge is -2.56. The average Bonchev–Trinajstić information content (AvgIpc) is 2.89. The minimum Gasteiger partial charge on any atom is -0.340 e. The third-order valence-corrected chi connectivity index (χ3v) is 6.88. The number of hydrogen-bond donors (Lipinski definition) is 0. The summed E-state index contributed by atoms with van der Waals surface area (Å²) in [7, 11) is 0. The van der Waals surface area contributed by atoms with Gasteiger partial charge in [-0.25, -0.2) is 0 Å². The molecule has 3 aliphatic heterocycles. The van der Waals surface area contributed by atoms with Crippen molar-refractivity contribution in [3.05, 3.63) is 35.5 Å². The molecule has 22 heavy (non-hydrogen) atoms. The first kappa shape index (κ1) is 13.2. The average molecular weight is 294 g/mol. The molecule has 4 heterocycles. The fraction of sp³-hybridized carbons (Fsp3) is 0.600. The van der Waals surface area contributed by atoms with E-state index < -0.39 is 0 Å². The maximum absolute atomic E-state index is 2.82. The molecule has 0 spiro atoms. The molecule has 0 radical (unpaired) electrons. The van der Waals surface area contributed by atoms with Gasteiger partial charge in [-0.2, -0.15) is 0 Å². The summed E-state index contributed by atoms with van der Waals surface area (Å²) in [6, 6.07) is 10.5. The van der Waals surface area contributed by atoms with E-state index in [2.05, 4.69) is 47.6 Å². The van der Waals surface area contributed by atoms with Gasteiger partial charge in [-0.1, -0.05) is 25.1 Å². The van der Waals surface area contributed by atoms with Crippen LogP contribution < -0.4 is 0 Å². The predicted octanol–water partition coefficient (Wildman–Crippen LogP) is 4.70. The Hall–Kier alpha value is -1.28. The summed E-state index contributed by atoms with van der Waals surface area (Å²) in [6.45, 7) is 7.46. The van der Waals surface area contributed by atoms with Crippen LogP contribution in [0.1, 0.15) is 62.9 Å². The Labute approximate surface area is 133 Å². The zero-order valence-corrected chi connectivity index (χ0v) is 13.8. The van der Waals surface area contributed by atoms with E-state index in [1.54, 1.807) is 11.3 Å². The van der Waals surface area contributed by atoms with E-state index >= 15 is 0 Å². The first-order valence-corrected chi connectivity index (χ1v) is 9.11. The van der Waals surface area contributed by atoms with Crippen LogP contribution in [0.3, 0.4) is 0 Å². The molecule has 0 unspecified atom stereocenters. The second-order valence-electron chi connectivity index (χ2n) is 7.81. The van der Waals surface area contributed by atoms with E-state index in [-0.39, 0.29) is 0 Å². The van der Waals surface area contributed by atoms with Gasteiger partial charge < -0.3 is 4.57 Å². The first-order valence-electron chi connectivity index (χ1n) is 9.11. The first-order chi connectivity index (χ1) is 10.7. The Bertz CT molecular complexity index is 743. The van der Waals surface area contributed by atoms with Gasteiger partial charge in [0.15, 0.2) is 0 Å². The van der Waals surface area contributed by atoms with Gasteiger partial charge in [-0.15, -0.1) is 0 Å². The molecule has 1 fully saturated rings. The third-order valence-electron chi connectivity index (χ3n) is 6.88. The number of para-hydroxylation sites is 1. The number of aromatic nitrogens is 1. The smallest absolute Gasteiger partial charge is 0.0561 e. The van der Waals surface area contributed by atoms with Crippen molar-refractivity contribution in [1.29, 1.82) is 0 Å². The fourth-order valence-electron chi connectivity index (χ4n) is 6.04. The van der Waals surface area contributed by atoms with Crippen LogP contribution in [-0.4, -0.2) is 22.6 Å². The number of benzene rings is 1. The summed E-state index contributed by atoms with van der Waals surface area (Å²) in [6.07, 6.45) is 6.75. The van der Waals surface area contributed by atoms with Crippen molar-refractivity contribution >= 4 is 10.9 Å². The summed E-state index contributed by atoms with van der Waals surface area (Å²) in [5.74, 6) is 0. The molecule has 0 amide bonds. The van der Waals surface area contributed by atoms with Gasteiger partial charge in [0.25, 0.3) is 0 Å². The van der Waals surface area contributed by atoms with Crippen molar-refractivity contribution in [1.82, 2.24) is 9.47 Å². The van der Waals surface area contributed by atoms with Crippen LogP contribution in [-0.2, 0) is 6.42 Å². The monoisotopic (exact) mass is 294 g/mol. The SMILES string of the molecule is CC[C@@]12CCCN3CCc4c(n(c5ccccc45)[C@@H](C)C1)[C@H]32. The molecule has 1 saturated heterocycles. The van der Waals surface area contributed by atoms with Crippen molar-refractivity contribution in [2.75, 3.05) is 13.1 Å². The highest BCUT2D eigenvalue weighted by Gasteiger charge is 2.52. The summed E-state index contributed by atoms with van der Waals surface area (Å²) in [5.41, 5.74) is 5.37. The van der Waals surface area contributed by atoms with Gasteiger partial charge >= 0.3 is 0 Å². The van der Waals surface area contributed by atoms with Gasteiger partial charge in [0.05, 0.1) is 6.04 Å². The lowest BCUT2D eigenvalue weighted by Crippen LogP contribution is -2.52. The minimum absolute atomic E-state index is 0.525. The molecule has 0 saturated carbocycles. The van der Waals surface area contributed by atoms with Gasteiger partial charge in [-0.3, -0.25) is 4.90 Å². The molecule has 0 aliphatic carbocycles. The van der Waals surface area contributed by atoms with Crippen LogP contribution in [0.25, 0.3) is 10.9 Å². The Kier molecular flexibility index (Phi) is 2.63. The van der Waals surface area contributed by atoms with Crippen LogP contribution in [0.2, 0.25) is 0 Å². The zero-order valence-electron chi connectivity index (χ0n) is 13.8. The van der Waals surface area contributed by atoms with E-state index in [1.165, 1.54) is 56.1 Å². The van der Waals surface area contributed by atoms with Crippen molar-refractivity contribution < 1.29 is 0 Å². The van der Waals surface area contributed by atoms with E-state index in [0.29, 0.717) is 17.5 Å². The van der Waals surface area contributed by atoms with E-state index in [4.69, 9.17) is 0 Å². The molecule has 1 aromatic carbocycles. The highest BCUT2D eigenvalue weighted by Crippen LogP contribution is 2.59. The van der Waals surface area contributed by atoms with Gasteiger partial charge in [0.2, 0.25) is 0 Å². The second-order valence-corrected chi connectivity index (χ2v) is 7.81. The normalized spacial score (nSPS) is 33.9. The Morgan fingerprint density at radius 3 is 2.95 bits per heavy atom. The molecule has 0 N–H and O–H groups in total. The maximum atomic E-state index is 2.82. The summed E-state index contributed by atoms with van der Waals surface area (Å²) in [4.78, 5) is 2.82. The van der Waals surface area contributed by atoms with Crippen LogP contribution in [0.4, 0.5) is 0 Å². The second kappa shape index (κ2) is 4.38. The fourth-order valence-corrected chi connectivity index (χ4v) is 6.04. The van der Waals surface area contributed by atoms with Crippen molar-refractivity contribution in [2.45, 2.75) is 58.0 Å². The molecule has 1 aromatic heterocycles.